The Balaban J connectivity index is 1.30. The van der Waals surface area contributed by atoms with Crippen molar-refractivity contribution in [2.45, 2.75) is 43.2 Å². The van der Waals surface area contributed by atoms with Crippen molar-refractivity contribution in [2.75, 3.05) is 33.0 Å². The number of rotatable bonds is 13. The number of carbonyl (C=O) groups is 5. The molecule has 2 aliphatic rings. The number of imide groups is 1. The third-order valence-electron chi connectivity index (χ3n) is 9.40. The van der Waals surface area contributed by atoms with Crippen LogP contribution < -0.4 is 5.73 Å². The summed E-state index contributed by atoms with van der Waals surface area (Å²) < 4.78 is 29.4. The quantitative estimate of drug-likeness (QED) is 0.115. The molecule has 2 amide bonds. The zero-order valence-electron chi connectivity index (χ0n) is 29.4. The second-order valence-electron chi connectivity index (χ2n) is 12.9. The van der Waals surface area contributed by atoms with Gasteiger partial charge in [-0.2, -0.15) is 0 Å². The molecule has 6 rings (SSSR count). The highest BCUT2D eigenvalue weighted by atomic mass is 16.6. The highest BCUT2D eigenvalue weighted by Gasteiger charge is 2.50. The number of hydrogen-bond donors (Lipinski definition) is 2. The molecular formula is C41H40N2O11. The van der Waals surface area contributed by atoms with E-state index >= 15 is 0 Å². The minimum absolute atomic E-state index is 0.103. The van der Waals surface area contributed by atoms with Gasteiger partial charge in [-0.1, -0.05) is 97.1 Å². The second-order valence-corrected chi connectivity index (χ2v) is 12.9. The number of benzene rings is 4. The van der Waals surface area contributed by atoms with E-state index in [9.17, 15) is 29.1 Å². The number of hydrogen-bond acceptors (Lipinski definition) is 12. The number of amides is 2. The zero-order valence-corrected chi connectivity index (χ0v) is 29.4. The number of nitrogens with two attached hydrogens (primary N) is 1. The van der Waals surface area contributed by atoms with Crippen LogP contribution in [0.2, 0.25) is 0 Å². The maximum atomic E-state index is 14.0. The molecule has 13 heteroatoms. The van der Waals surface area contributed by atoms with Crippen LogP contribution in [0.3, 0.4) is 0 Å². The maximum absolute atomic E-state index is 14.0. The average Bonchev–Trinajstić information content (AvgIpc) is 3.52. The minimum atomic E-state index is -1.45. The molecule has 13 nitrogen and oxygen atoms in total. The fourth-order valence-electron chi connectivity index (χ4n) is 6.71. The molecule has 54 heavy (non-hydrogen) atoms. The Morgan fingerprint density at radius 3 is 1.94 bits per heavy atom. The summed E-state index contributed by atoms with van der Waals surface area (Å²) in [5, 5.41) is 9.35. The smallest absolute Gasteiger partial charge is 0.417 e. The van der Waals surface area contributed by atoms with Gasteiger partial charge in [0.25, 0.3) is 0 Å². The molecule has 0 bridgehead atoms. The number of esters is 2. The second kappa shape index (κ2) is 17.4. The maximum Gasteiger partial charge on any atom is 0.417 e. The summed E-state index contributed by atoms with van der Waals surface area (Å²) in [4.78, 5) is 67.5. The largest absolute Gasteiger partial charge is 0.462 e. The summed E-state index contributed by atoms with van der Waals surface area (Å²) in [5.74, 6) is -3.23. The molecule has 3 N–H and O–H groups in total. The van der Waals surface area contributed by atoms with Crippen LogP contribution in [0, 0.1) is 0 Å². The topological polar surface area (TPSA) is 181 Å². The molecule has 1 heterocycles. The van der Waals surface area contributed by atoms with E-state index in [1.54, 1.807) is 48.5 Å². The molecule has 1 aliphatic carbocycles. The monoisotopic (exact) mass is 736 g/mol. The zero-order chi connectivity index (χ0) is 38.2. The molecule has 5 atom stereocenters. The normalized spacial score (nSPS) is 19.5. The summed E-state index contributed by atoms with van der Waals surface area (Å²) in [6, 6.07) is 29.3. The lowest BCUT2D eigenvalue weighted by Crippen LogP contribution is -2.64. The van der Waals surface area contributed by atoms with Crippen LogP contribution in [0.4, 0.5) is 4.79 Å². The van der Waals surface area contributed by atoms with Crippen molar-refractivity contribution in [3.63, 3.8) is 0 Å². The predicted molar refractivity (Wildman–Crippen MR) is 193 cm³/mol. The molecule has 0 radical (unpaired) electrons. The van der Waals surface area contributed by atoms with Gasteiger partial charge in [-0.05, 0) is 34.4 Å². The lowest BCUT2D eigenvalue weighted by atomic mass is 9.96. The highest BCUT2D eigenvalue weighted by molar-refractivity contribution is 5.97. The number of fused-ring (bicyclic) bond motifs is 3. The predicted octanol–water partition coefficient (Wildman–Crippen LogP) is 3.91. The van der Waals surface area contributed by atoms with Crippen LogP contribution in [-0.2, 0) is 33.3 Å². The van der Waals surface area contributed by atoms with Crippen molar-refractivity contribution in [1.82, 2.24) is 4.90 Å². The van der Waals surface area contributed by atoms with E-state index in [2.05, 4.69) is 0 Å². The van der Waals surface area contributed by atoms with Gasteiger partial charge in [0.05, 0.1) is 18.8 Å². The standard InChI is InChI=1S/C41H40N2O11/c1-25(45)43(41(49)53-21-32-30-18-10-8-16-28(30)29-17-9-11-19-31(29)32)34-22-50-36(24-52-40(48)33(42)20-44)38(51-23-35(46)26-12-4-2-5-13-26)37(34)54-39(47)27-14-6-3-7-15-27/h2-19,32-34,36-38,44H,20-24,42H2,1H3/t33-,34-,36+,37+,38-/m0/s1. The first-order chi connectivity index (χ1) is 26.2. The third kappa shape index (κ3) is 8.40. The SMILES string of the molecule is CC(=O)N(C(=O)OCC1c2ccccc2-c2ccccc21)[C@H]1CO[C@H](COC(=O)[C@@H](N)CO)[C@H](OCC(=O)c2ccccc2)[C@@H]1OC(=O)c1ccccc1. The number of aliphatic hydroxyl groups excluding tert-OH is 1. The number of nitrogens with zero attached hydrogens (tertiary/aromatic N) is 1. The molecule has 4 aromatic rings. The van der Waals surface area contributed by atoms with E-state index in [1.165, 1.54) is 12.1 Å². The molecule has 0 aromatic heterocycles. The molecule has 1 fully saturated rings. The van der Waals surface area contributed by atoms with Crippen LogP contribution >= 0.6 is 0 Å². The first-order valence-electron chi connectivity index (χ1n) is 17.4. The molecule has 0 saturated carbocycles. The lowest BCUT2D eigenvalue weighted by molar-refractivity contribution is -0.200. The van der Waals surface area contributed by atoms with Crippen molar-refractivity contribution >= 4 is 29.7 Å². The van der Waals surface area contributed by atoms with Crippen LogP contribution in [0.25, 0.3) is 11.1 Å². The van der Waals surface area contributed by atoms with Crippen molar-refractivity contribution in [2.24, 2.45) is 5.73 Å². The fraction of sp³-hybridized carbons (Fsp3) is 0.293. The molecule has 1 aliphatic heterocycles. The molecule has 4 aromatic carbocycles. The summed E-state index contributed by atoms with van der Waals surface area (Å²) in [6.07, 6.45) is -5.01. The van der Waals surface area contributed by atoms with Crippen molar-refractivity contribution in [3.8, 4) is 11.1 Å². The number of aliphatic hydroxyl groups is 1. The van der Waals surface area contributed by atoms with Crippen molar-refractivity contribution in [1.29, 1.82) is 0 Å². The van der Waals surface area contributed by atoms with Gasteiger partial charge in [-0.25, -0.2) is 14.5 Å². The number of ether oxygens (including phenoxy) is 5. The highest BCUT2D eigenvalue weighted by Crippen LogP contribution is 2.44. The molecular weight excluding hydrogens is 696 g/mol. The van der Waals surface area contributed by atoms with Crippen LogP contribution in [0.15, 0.2) is 109 Å². The van der Waals surface area contributed by atoms with Gasteiger partial charge in [0, 0.05) is 18.4 Å². The summed E-state index contributed by atoms with van der Waals surface area (Å²) >= 11 is 0. The molecule has 280 valence electrons. The number of ketones is 1. The van der Waals surface area contributed by atoms with Crippen molar-refractivity contribution in [3.05, 3.63) is 131 Å². The third-order valence-corrected chi connectivity index (χ3v) is 9.40. The lowest BCUT2D eigenvalue weighted by Gasteiger charge is -2.44. The summed E-state index contributed by atoms with van der Waals surface area (Å²) in [7, 11) is 0. The first kappa shape index (κ1) is 38.0. The van der Waals surface area contributed by atoms with Crippen LogP contribution in [-0.4, -0.2) is 103 Å². The Labute approximate surface area is 311 Å². The van der Waals surface area contributed by atoms with Gasteiger partial charge >= 0.3 is 18.0 Å². The molecule has 1 saturated heterocycles. The van der Waals surface area contributed by atoms with E-state index in [4.69, 9.17) is 29.4 Å². The summed E-state index contributed by atoms with van der Waals surface area (Å²) in [6.45, 7) is -1.03. The van der Waals surface area contributed by atoms with Crippen LogP contribution in [0.5, 0.6) is 0 Å². The molecule has 0 unspecified atom stereocenters. The van der Waals surface area contributed by atoms with E-state index in [0.717, 1.165) is 34.1 Å². The summed E-state index contributed by atoms with van der Waals surface area (Å²) in [5.41, 5.74) is 10.1. The fourth-order valence-corrected chi connectivity index (χ4v) is 6.71. The van der Waals surface area contributed by atoms with E-state index in [0.29, 0.717) is 5.56 Å². The Bertz CT molecular complexity index is 1930. The van der Waals surface area contributed by atoms with E-state index in [-0.39, 0.29) is 18.1 Å². The van der Waals surface area contributed by atoms with E-state index < -0.39 is 86.5 Å². The van der Waals surface area contributed by atoms with Crippen molar-refractivity contribution < 1.29 is 52.8 Å². The van der Waals surface area contributed by atoms with E-state index in [1.807, 2.05) is 48.5 Å². The van der Waals surface area contributed by atoms with Gasteiger partial charge in [0.15, 0.2) is 11.9 Å². The van der Waals surface area contributed by atoms with Gasteiger partial charge in [-0.15, -0.1) is 0 Å². The molecule has 0 spiro atoms. The number of carbonyl (C=O) groups excluding carboxylic acids is 5. The Morgan fingerprint density at radius 2 is 1.35 bits per heavy atom. The number of Topliss-reactive ketones (excluding diaryl/α,β-unsaturated/α-hetero) is 1. The van der Waals surface area contributed by atoms with Gasteiger partial charge in [0.1, 0.15) is 44.1 Å². The van der Waals surface area contributed by atoms with Crippen LogP contribution in [0.1, 0.15) is 44.7 Å². The Kier molecular flexibility index (Phi) is 12.2. The Morgan fingerprint density at radius 1 is 0.778 bits per heavy atom. The average molecular weight is 737 g/mol. The van der Waals surface area contributed by atoms with Gasteiger partial charge < -0.3 is 34.5 Å². The minimum Gasteiger partial charge on any atom is -0.462 e. The Hall–Kier alpha value is -5.73. The first-order valence-corrected chi connectivity index (χ1v) is 17.4. The van der Waals surface area contributed by atoms with Gasteiger partial charge in [-0.3, -0.25) is 14.4 Å². The van der Waals surface area contributed by atoms with Gasteiger partial charge in [0.2, 0.25) is 5.91 Å².